The van der Waals surface area contributed by atoms with Crippen LogP contribution in [0.2, 0.25) is 0 Å². The molecule has 0 aliphatic rings. The lowest BCUT2D eigenvalue weighted by Gasteiger charge is -2.25. The van der Waals surface area contributed by atoms with Crippen molar-refractivity contribution in [2.75, 3.05) is 47.5 Å². The van der Waals surface area contributed by atoms with E-state index in [4.69, 9.17) is 18.9 Å². The molecular formula is C92H146NO8+. The molecule has 9 nitrogen and oxygen atoms in total. The van der Waals surface area contributed by atoms with Crippen molar-refractivity contribution in [2.24, 2.45) is 0 Å². The zero-order chi connectivity index (χ0) is 73.2. The molecule has 0 bridgehead atoms. The van der Waals surface area contributed by atoms with E-state index in [0.717, 1.165) is 161 Å². The SMILES string of the molecule is CC/C=C\C/C=C\C/C=C\C/C=C\C/C=C\C/C=C\C/C=C\C/C=C\C/C=C\C/C=C\C/C=C\C/C=C\CCCCCCC(=O)OC(COC(=O)CCCCCCCCCCCCCCCCCC/C=C\C/C=C\C/C=C\C/C=C\C/C=C\C/C=C\CC)COC(OCC[N+](C)(C)C)C(=O)O. The molecule has 566 valence electrons. The number of allylic oxidation sites excluding steroid dienone is 36. The average molecular weight is 1390 g/mol. The van der Waals surface area contributed by atoms with Crippen LogP contribution in [0.1, 0.15) is 284 Å². The molecule has 2 atom stereocenters. The van der Waals surface area contributed by atoms with Crippen LogP contribution < -0.4 is 0 Å². The molecule has 0 aliphatic heterocycles. The standard InChI is InChI=1S/C92H145NO8/c1-6-8-10-12-14-16-18-20-22-24-26-28-30-32-34-36-38-40-42-43-44-45-46-47-49-51-53-55-57-59-61-63-65-67-69-71-73-75-77-79-81-83-90(95)101-88(87-100-92(91(96)97)98-85-84-93(3,4)5)86-99-89(94)82-80-78-76-74-72-70-68-66-64-62-60-58-56-54-52-50-48-41-39-37-35-33-31-29-27-25-23-21-19-17-15-13-11-9-7-2/h8-11,14-17,20-23,26-29,32-35,38-41,43-44,46-47,51,53,57,59,63,65,69,71,88,92H,6-7,12-13,18-19,24-25,30-31,36-37,42,45,48-50,52,54-56,58,60-62,64,66-68,70,72-87H2,1-5H3/p+1/b10-8-,11-9-,16-14-,17-15-,22-20-,23-21-,28-26-,29-27-,34-32-,35-33-,40-38-,41-39-,44-43-,47-46-,53-51-,59-57-,65-63-,71-69-. The highest BCUT2D eigenvalue weighted by molar-refractivity contribution is 5.71. The molecule has 0 aliphatic carbocycles. The van der Waals surface area contributed by atoms with Crippen molar-refractivity contribution in [3.05, 3.63) is 219 Å². The fraction of sp³-hybridized carbons (Fsp3) is 0.576. The van der Waals surface area contributed by atoms with E-state index in [9.17, 15) is 19.5 Å². The summed E-state index contributed by atoms with van der Waals surface area (Å²) in [5.41, 5.74) is 0. The minimum Gasteiger partial charge on any atom is -0.477 e. The first-order valence-corrected chi connectivity index (χ1v) is 39.9. The van der Waals surface area contributed by atoms with Gasteiger partial charge >= 0.3 is 17.9 Å². The Hall–Kier alpha value is -6.39. The molecule has 0 amide bonds. The Kier molecular flexibility index (Phi) is 74.3. The van der Waals surface area contributed by atoms with E-state index in [0.29, 0.717) is 17.4 Å². The summed E-state index contributed by atoms with van der Waals surface area (Å²) in [7, 11) is 5.96. The maximum absolute atomic E-state index is 13.0. The molecule has 9 heteroatoms. The smallest absolute Gasteiger partial charge is 0.361 e. The van der Waals surface area contributed by atoms with Gasteiger partial charge in [0.1, 0.15) is 13.2 Å². The Morgan fingerprint density at radius 1 is 0.297 bits per heavy atom. The second-order valence-electron chi connectivity index (χ2n) is 26.9. The van der Waals surface area contributed by atoms with Crippen molar-refractivity contribution >= 4 is 17.9 Å². The lowest BCUT2D eigenvalue weighted by molar-refractivity contribution is -0.870. The Balaban J connectivity index is 4.18. The summed E-state index contributed by atoms with van der Waals surface area (Å²) in [5, 5.41) is 9.77. The third kappa shape index (κ3) is 80.8. The van der Waals surface area contributed by atoms with Gasteiger partial charge in [-0.2, -0.15) is 0 Å². The number of esters is 2. The van der Waals surface area contributed by atoms with Crippen molar-refractivity contribution in [3.63, 3.8) is 0 Å². The van der Waals surface area contributed by atoms with E-state index in [1.807, 2.05) is 21.1 Å². The maximum Gasteiger partial charge on any atom is 0.361 e. The summed E-state index contributed by atoms with van der Waals surface area (Å²) < 4.78 is 23.0. The molecule has 0 saturated carbocycles. The van der Waals surface area contributed by atoms with Crippen LogP contribution in [0.25, 0.3) is 0 Å². The summed E-state index contributed by atoms with van der Waals surface area (Å²) in [6.45, 7) is 4.61. The van der Waals surface area contributed by atoms with Gasteiger partial charge in [0.05, 0.1) is 34.4 Å². The Morgan fingerprint density at radius 3 is 0.792 bits per heavy atom. The number of quaternary nitrogens is 1. The van der Waals surface area contributed by atoms with Crippen molar-refractivity contribution in [3.8, 4) is 0 Å². The van der Waals surface area contributed by atoms with Gasteiger partial charge in [0.15, 0.2) is 6.10 Å². The predicted molar refractivity (Wildman–Crippen MR) is 437 cm³/mol. The molecule has 2 unspecified atom stereocenters. The molecule has 101 heavy (non-hydrogen) atoms. The van der Waals surface area contributed by atoms with Crippen LogP contribution in [0.15, 0.2) is 219 Å². The number of unbranched alkanes of at least 4 members (excludes halogenated alkanes) is 20. The predicted octanol–water partition coefficient (Wildman–Crippen LogP) is 26.0. The highest BCUT2D eigenvalue weighted by Gasteiger charge is 2.25. The van der Waals surface area contributed by atoms with Gasteiger partial charge in [0.2, 0.25) is 0 Å². The van der Waals surface area contributed by atoms with Crippen molar-refractivity contribution in [2.45, 2.75) is 296 Å². The van der Waals surface area contributed by atoms with Gasteiger partial charge in [0.25, 0.3) is 6.29 Å². The van der Waals surface area contributed by atoms with Gasteiger partial charge in [-0.3, -0.25) is 9.59 Å². The Bertz CT molecular complexity index is 2470. The van der Waals surface area contributed by atoms with Crippen molar-refractivity contribution in [1.29, 1.82) is 0 Å². The van der Waals surface area contributed by atoms with E-state index < -0.39 is 24.3 Å². The minimum absolute atomic E-state index is 0.172. The molecule has 0 spiro atoms. The Morgan fingerprint density at radius 2 is 0.535 bits per heavy atom. The largest absolute Gasteiger partial charge is 0.477 e. The van der Waals surface area contributed by atoms with Crippen LogP contribution in [0.4, 0.5) is 0 Å². The molecule has 1 N–H and O–H groups in total. The van der Waals surface area contributed by atoms with Crippen molar-refractivity contribution < 1.29 is 42.9 Å². The fourth-order valence-electron chi connectivity index (χ4n) is 10.2. The number of hydrogen-bond donors (Lipinski definition) is 1. The molecule has 0 radical (unpaired) electrons. The summed E-state index contributed by atoms with van der Waals surface area (Å²) in [5.74, 6) is -2.06. The number of ether oxygens (including phenoxy) is 4. The number of hydrogen-bond acceptors (Lipinski definition) is 7. The topological polar surface area (TPSA) is 108 Å². The first-order chi connectivity index (χ1) is 49.6. The molecule has 0 saturated heterocycles. The summed E-state index contributed by atoms with van der Waals surface area (Å²) in [4.78, 5) is 37.7. The van der Waals surface area contributed by atoms with E-state index >= 15 is 0 Å². The van der Waals surface area contributed by atoms with Crippen LogP contribution in [0, 0.1) is 0 Å². The average Bonchev–Trinajstić information content (AvgIpc) is 1.21. The number of carboxylic acid groups (broad SMARTS) is 1. The summed E-state index contributed by atoms with van der Waals surface area (Å²) in [6.07, 6.45) is 122. The van der Waals surface area contributed by atoms with Gasteiger partial charge in [-0.15, -0.1) is 0 Å². The lowest BCUT2D eigenvalue weighted by atomic mass is 10.0. The van der Waals surface area contributed by atoms with Crippen LogP contribution in [0.3, 0.4) is 0 Å². The zero-order valence-electron chi connectivity index (χ0n) is 64.7. The minimum atomic E-state index is -1.53. The van der Waals surface area contributed by atoms with Gasteiger partial charge in [0, 0.05) is 12.8 Å². The first kappa shape index (κ1) is 94.6. The van der Waals surface area contributed by atoms with E-state index in [-0.39, 0.29) is 38.6 Å². The molecule has 0 rings (SSSR count). The summed E-state index contributed by atoms with van der Waals surface area (Å²) >= 11 is 0. The quantitative estimate of drug-likeness (QED) is 0.0211. The van der Waals surface area contributed by atoms with Crippen LogP contribution in [-0.4, -0.2) is 87.4 Å². The maximum atomic E-state index is 13.0. The molecule has 0 aromatic heterocycles. The third-order valence-corrected chi connectivity index (χ3v) is 16.2. The van der Waals surface area contributed by atoms with E-state index in [1.165, 1.54) is 89.9 Å². The molecule has 0 fully saturated rings. The highest BCUT2D eigenvalue weighted by atomic mass is 16.7. The monoisotopic (exact) mass is 1390 g/mol. The first-order valence-electron chi connectivity index (χ1n) is 39.9. The molecule has 0 aromatic carbocycles. The third-order valence-electron chi connectivity index (χ3n) is 16.2. The second-order valence-corrected chi connectivity index (χ2v) is 26.9. The van der Waals surface area contributed by atoms with Crippen LogP contribution >= 0.6 is 0 Å². The fourth-order valence-corrected chi connectivity index (χ4v) is 10.2. The Labute approximate surface area is 619 Å². The van der Waals surface area contributed by atoms with Gasteiger partial charge in [-0.05, 0) is 154 Å². The highest BCUT2D eigenvalue weighted by Crippen LogP contribution is 2.16. The second kappa shape index (κ2) is 79.3. The normalized spacial score (nSPS) is 13.9. The van der Waals surface area contributed by atoms with Gasteiger partial charge in [-0.25, -0.2) is 4.79 Å². The van der Waals surface area contributed by atoms with Crippen molar-refractivity contribution in [1.82, 2.24) is 0 Å². The number of aliphatic carboxylic acids is 1. The number of likely N-dealkylation sites (N-methyl/N-ethyl adjacent to an activating group) is 1. The van der Waals surface area contributed by atoms with E-state index in [1.54, 1.807) is 0 Å². The number of nitrogens with zero attached hydrogens (tertiary/aromatic N) is 1. The number of rotatable bonds is 71. The van der Waals surface area contributed by atoms with Crippen LogP contribution in [0.5, 0.6) is 0 Å². The number of carbonyl (C=O) groups is 3. The van der Waals surface area contributed by atoms with Gasteiger partial charge in [-0.1, -0.05) is 335 Å². The lowest BCUT2D eigenvalue weighted by Crippen LogP contribution is -2.40. The van der Waals surface area contributed by atoms with E-state index in [2.05, 4.69) is 233 Å². The van der Waals surface area contributed by atoms with Crippen LogP contribution in [-0.2, 0) is 33.3 Å². The molecule has 0 heterocycles. The number of carbonyl (C=O) groups excluding carboxylic acids is 2. The molecular weight excluding hydrogens is 1250 g/mol. The summed E-state index contributed by atoms with van der Waals surface area (Å²) in [6, 6.07) is 0. The van der Waals surface area contributed by atoms with Gasteiger partial charge < -0.3 is 28.5 Å². The zero-order valence-corrected chi connectivity index (χ0v) is 64.7. The molecule has 0 aromatic rings. The number of carboxylic acids is 1.